The highest BCUT2D eigenvalue weighted by Gasteiger charge is 2.38. The highest BCUT2D eigenvalue weighted by Crippen LogP contribution is 2.42. The van der Waals surface area contributed by atoms with E-state index in [-0.39, 0.29) is 34.7 Å². The van der Waals surface area contributed by atoms with Gasteiger partial charge >= 0.3 is 18.1 Å². The van der Waals surface area contributed by atoms with Crippen molar-refractivity contribution in [2.75, 3.05) is 46.2 Å². The topological polar surface area (TPSA) is 149 Å². The maximum atomic E-state index is 13.1. The van der Waals surface area contributed by atoms with E-state index in [2.05, 4.69) is 4.90 Å². The van der Waals surface area contributed by atoms with E-state index in [9.17, 15) is 31.5 Å². The zero-order chi connectivity index (χ0) is 32.8. The van der Waals surface area contributed by atoms with Crippen LogP contribution in [-0.4, -0.2) is 87.9 Å². The molecule has 5 rings (SSSR count). The Kier molecular flexibility index (Phi) is 11.2. The van der Waals surface area contributed by atoms with Crippen molar-refractivity contribution >= 4 is 44.7 Å². The quantitative estimate of drug-likeness (QED) is 0.231. The molecule has 2 aliphatic rings. The summed E-state index contributed by atoms with van der Waals surface area (Å²) in [6, 6.07) is 11.0. The summed E-state index contributed by atoms with van der Waals surface area (Å²) in [7, 11) is -3.78. The second-order valence-corrected chi connectivity index (χ2v) is 13.5. The lowest BCUT2D eigenvalue weighted by Crippen LogP contribution is -2.37. The fourth-order valence-electron chi connectivity index (χ4n) is 4.25. The molecule has 244 valence electrons. The molecule has 0 unspecified atom stereocenters. The molecule has 17 heteroatoms. The van der Waals surface area contributed by atoms with Gasteiger partial charge in [0.25, 0.3) is 0 Å². The van der Waals surface area contributed by atoms with Gasteiger partial charge in [0.15, 0.2) is 21.3 Å². The number of alkyl halides is 3. The van der Waals surface area contributed by atoms with Gasteiger partial charge in [0.2, 0.25) is 6.79 Å². The van der Waals surface area contributed by atoms with Crippen LogP contribution in [0.2, 0.25) is 4.34 Å². The number of esters is 1. The van der Waals surface area contributed by atoms with Crippen molar-refractivity contribution in [2.24, 2.45) is 0 Å². The Morgan fingerprint density at radius 3 is 2.40 bits per heavy atom. The molecule has 0 bridgehead atoms. The monoisotopic (exact) mass is 693 g/mol. The van der Waals surface area contributed by atoms with Crippen LogP contribution in [0.5, 0.6) is 17.2 Å². The number of morpholine rings is 1. The number of carboxylic acids is 1. The van der Waals surface area contributed by atoms with Crippen LogP contribution in [0.15, 0.2) is 46.7 Å². The van der Waals surface area contributed by atoms with Crippen molar-refractivity contribution in [1.82, 2.24) is 4.90 Å². The third-order valence-corrected chi connectivity index (χ3v) is 10.1. The summed E-state index contributed by atoms with van der Waals surface area (Å²) in [6.07, 6.45) is -4.42. The Balaban J connectivity index is 0.000000591. The first-order chi connectivity index (χ1) is 21.2. The standard InChI is InChI=1S/C26H26ClNO8S2.C2HF3O2/c27-25-20(18-3-5-22-23(13-18)36-16-35-22)14-24(37-25)38(31,32)15-17-2-4-19(21(29)12-17)26(30)34-9-1-6-28-7-10-33-11-8-28;3-2(4,5)1(6)7/h2-5,12-14,29H,1,6-11,15-16H2;(H,6,7). The van der Waals surface area contributed by atoms with E-state index >= 15 is 0 Å². The van der Waals surface area contributed by atoms with Crippen LogP contribution in [0.1, 0.15) is 22.3 Å². The van der Waals surface area contributed by atoms with Gasteiger partial charge < -0.3 is 29.2 Å². The third-order valence-electron chi connectivity index (χ3n) is 6.49. The fourth-order valence-corrected chi connectivity index (χ4v) is 7.43. The molecule has 0 aliphatic carbocycles. The molecule has 2 aliphatic heterocycles. The molecule has 0 amide bonds. The lowest BCUT2D eigenvalue weighted by atomic mass is 10.1. The van der Waals surface area contributed by atoms with E-state index in [1.54, 1.807) is 18.2 Å². The minimum absolute atomic E-state index is 0.0122. The molecule has 1 saturated heterocycles. The molecule has 45 heavy (non-hydrogen) atoms. The van der Waals surface area contributed by atoms with E-state index in [0.29, 0.717) is 52.2 Å². The number of rotatable bonds is 9. The Hall–Kier alpha value is -3.57. The SMILES string of the molecule is O=C(O)C(F)(F)F.O=C(OCCCN1CCOCC1)c1ccc(CS(=O)(=O)c2cc(-c3ccc4c(c3)OCO4)c(Cl)s2)cc1O. The largest absolute Gasteiger partial charge is 0.507 e. The molecule has 11 nitrogen and oxygen atoms in total. The molecule has 1 fully saturated rings. The summed E-state index contributed by atoms with van der Waals surface area (Å²) >= 11 is 7.36. The number of hydrogen-bond donors (Lipinski definition) is 2. The van der Waals surface area contributed by atoms with Crippen molar-refractivity contribution < 1.29 is 60.3 Å². The highest BCUT2D eigenvalue weighted by molar-refractivity contribution is 7.92. The summed E-state index contributed by atoms with van der Waals surface area (Å²) in [4.78, 5) is 23.6. The number of phenols is 1. The van der Waals surface area contributed by atoms with Crippen molar-refractivity contribution in [3.8, 4) is 28.4 Å². The Labute approximate surface area is 264 Å². The van der Waals surface area contributed by atoms with E-state index in [1.807, 2.05) is 0 Å². The van der Waals surface area contributed by atoms with Gasteiger partial charge in [-0.3, -0.25) is 4.90 Å². The molecule has 2 N–H and O–H groups in total. The number of fused-ring (bicyclic) bond motifs is 1. The van der Waals surface area contributed by atoms with Crippen molar-refractivity contribution in [3.63, 3.8) is 0 Å². The highest BCUT2D eigenvalue weighted by atomic mass is 35.5. The number of aliphatic carboxylic acids is 1. The first-order valence-electron chi connectivity index (χ1n) is 13.3. The normalized spacial score (nSPS) is 14.8. The van der Waals surface area contributed by atoms with Gasteiger partial charge in [-0.05, 0) is 47.9 Å². The molecule has 0 radical (unpaired) electrons. The number of sulfone groups is 1. The summed E-state index contributed by atoms with van der Waals surface area (Å²) < 4.78 is 79.8. The maximum absolute atomic E-state index is 13.1. The minimum atomic E-state index is -5.08. The number of thiophene rings is 1. The molecular formula is C28H27ClF3NO10S2. The molecule has 0 spiro atoms. The van der Waals surface area contributed by atoms with Crippen LogP contribution in [0.25, 0.3) is 11.1 Å². The summed E-state index contributed by atoms with van der Waals surface area (Å²) in [5.41, 5.74) is 1.60. The van der Waals surface area contributed by atoms with Gasteiger partial charge in [-0.25, -0.2) is 18.0 Å². The summed E-state index contributed by atoms with van der Waals surface area (Å²) in [6.45, 7) is 4.27. The minimum Gasteiger partial charge on any atom is -0.507 e. The number of ether oxygens (including phenoxy) is 4. The first kappa shape index (κ1) is 34.3. The maximum Gasteiger partial charge on any atom is 0.490 e. The molecule has 1 aromatic heterocycles. The number of carbonyl (C=O) groups excluding carboxylic acids is 1. The average Bonchev–Trinajstić information content (AvgIpc) is 3.62. The summed E-state index contributed by atoms with van der Waals surface area (Å²) in [5.74, 6) is -2.92. The number of carbonyl (C=O) groups is 2. The second-order valence-electron chi connectivity index (χ2n) is 9.68. The van der Waals surface area contributed by atoms with Crippen molar-refractivity contribution in [2.45, 2.75) is 22.6 Å². The van der Waals surface area contributed by atoms with Crippen LogP contribution < -0.4 is 9.47 Å². The van der Waals surface area contributed by atoms with Crippen molar-refractivity contribution in [1.29, 1.82) is 0 Å². The van der Waals surface area contributed by atoms with E-state index in [4.69, 9.17) is 40.4 Å². The fraction of sp³-hybridized carbons (Fsp3) is 0.357. The van der Waals surface area contributed by atoms with Crippen LogP contribution in [0.4, 0.5) is 13.2 Å². The Bertz CT molecular complexity index is 1640. The van der Waals surface area contributed by atoms with Crippen LogP contribution >= 0.6 is 22.9 Å². The molecule has 3 heterocycles. The number of halogens is 4. The number of benzene rings is 2. The van der Waals surface area contributed by atoms with Gasteiger partial charge in [0.05, 0.1) is 25.6 Å². The number of aromatic hydroxyl groups is 1. The first-order valence-corrected chi connectivity index (χ1v) is 16.1. The third kappa shape index (κ3) is 9.23. The lowest BCUT2D eigenvalue weighted by Gasteiger charge is -2.26. The average molecular weight is 694 g/mol. The van der Waals surface area contributed by atoms with E-state index in [0.717, 1.165) is 31.0 Å². The molecule has 3 aromatic rings. The van der Waals surface area contributed by atoms with E-state index < -0.39 is 28.0 Å². The smallest absolute Gasteiger partial charge is 0.490 e. The van der Waals surface area contributed by atoms with Crippen LogP contribution in [-0.2, 0) is 29.9 Å². The van der Waals surface area contributed by atoms with Gasteiger partial charge in [-0.2, -0.15) is 13.2 Å². The Morgan fingerprint density at radius 1 is 1.04 bits per heavy atom. The Morgan fingerprint density at radius 2 is 1.73 bits per heavy atom. The van der Waals surface area contributed by atoms with Gasteiger partial charge in [0, 0.05) is 25.2 Å². The predicted octanol–water partition coefficient (Wildman–Crippen LogP) is 4.99. The number of hydrogen-bond acceptors (Lipinski definition) is 11. The van der Waals surface area contributed by atoms with E-state index in [1.165, 1.54) is 24.3 Å². The molecular weight excluding hydrogens is 667 g/mol. The summed E-state index contributed by atoms with van der Waals surface area (Å²) in [5, 5.41) is 17.5. The molecule has 0 atom stereocenters. The van der Waals surface area contributed by atoms with Crippen LogP contribution in [0, 0.1) is 0 Å². The van der Waals surface area contributed by atoms with Crippen LogP contribution in [0.3, 0.4) is 0 Å². The molecule has 2 aromatic carbocycles. The zero-order valence-electron chi connectivity index (χ0n) is 23.3. The van der Waals surface area contributed by atoms with Gasteiger partial charge in [-0.15, -0.1) is 11.3 Å². The van der Waals surface area contributed by atoms with Gasteiger partial charge in [0.1, 0.15) is 19.9 Å². The zero-order valence-corrected chi connectivity index (χ0v) is 25.7. The second kappa shape index (κ2) is 14.7. The number of carboxylic acid groups (broad SMARTS) is 1. The molecule has 0 saturated carbocycles. The number of nitrogens with zero attached hydrogens (tertiary/aromatic N) is 1. The lowest BCUT2D eigenvalue weighted by molar-refractivity contribution is -0.192. The van der Waals surface area contributed by atoms with Crippen molar-refractivity contribution in [3.05, 3.63) is 57.9 Å². The predicted molar refractivity (Wildman–Crippen MR) is 156 cm³/mol. The van der Waals surface area contributed by atoms with Gasteiger partial charge in [-0.1, -0.05) is 23.7 Å². The number of phenolic OH excluding ortho intramolecular Hbond substituents is 1.